The molecule has 1 nitrogen and oxygen atoms in total. The van der Waals surface area contributed by atoms with Gasteiger partial charge in [0.05, 0.1) is 5.02 Å². The smallest absolute Gasteiger partial charge is 0.142 e. The highest BCUT2D eigenvalue weighted by Gasteiger charge is 2.13. The predicted octanol–water partition coefficient (Wildman–Crippen LogP) is 4.94. The Bertz CT molecular complexity index is 753. The highest BCUT2D eigenvalue weighted by Crippen LogP contribution is 2.31. The zero-order chi connectivity index (χ0) is 14.1. The van der Waals surface area contributed by atoms with Crippen molar-refractivity contribution in [2.75, 3.05) is 0 Å². The molecule has 0 saturated heterocycles. The number of nitrogens with two attached hydrogens (primary N) is 1. The highest BCUT2D eigenvalue weighted by molar-refractivity contribution is 7.17. The first kappa shape index (κ1) is 13.6. The van der Waals surface area contributed by atoms with Crippen LogP contribution in [0.15, 0.2) is 47.8 Å². The maximum absolute atomic E-state index is 13.5. The standard InChI is InChI=1S/C16H13ClFNS/c17-13-6-5-10(7-14(13)18)8-15(19)12-9-20-16-4-2-1-3-11(12)16/h1-7,9,15H,8,19H2. The fraction of sp³-hybridized carbons (Fsp3) is 0.125. The molecule has 1 aromatic heterocycles. The summed E-state index contributed by atoms with van der Waals surface area (Å²) < 4.78 is 14.7. The van der Waals surface area contributed by atoms with Crippen LogP contribution in [0, 0.1) is 5.82 Å². The molecule has 4 heteroatoms. The molecule has 1 heterocycles. The van der Waals surface area contributed by atoms with Crippen LogP contribution in [0.3, 0.4) is 0 Å². The van der Waals surface area contributed by atoms with Gasteiger partial charge >= 0.3 is 0 Å². The van der Waals surface area contributed by atoms with Gasteiger partial charge in [-0.3, -0.25) is 0 Å². The van der Waals surface area contributed by atoms with Gasteiger partial charge in [-0.05, 0) is 46.5 Å². The number of hydrogen-bond donors (Lipinski definition) is 1. The van der Waals surface area contributed by atoms with Gasteiger partial charge in [0.25, 0.3) is 0 Å². The second-order valence-corrected chi connectivity index (χ2v) is 6.06. The van der Waals surface area contributed by atoms with Gasteiger partial charge in [-0.15, -0.1) is 11.3 Å². The van der Waals surface area contributed by atoms with Crippen LogP contribution >= 0.6 is 22.9 Å². The minimum atomic E-state index is -0.397. The third kappa shape index (κ3) is 2.57. The Balaban J connectivity index is 1.89. The maximum Gasteiger partial charge on any atom is 0.142 e. The Labute approximate surface area is 125 Å². The lowest BCUT2D eigenvalue weighted by molar-refractivity contribution is 0.622. The van der Waals surface area contributed by atoms with Crippen molar-refractivity contribution in [2.24, 2.45) is 5.73 Å². The van der Waals surface area contributed by atoms with Gasteiger partial charge in [0.2, 0.25) is 0 Å². The monoisotopic (exact) mass is 305 g/mol. The van der Waals surface area contributed by atoms with Gasteiger partial charge in [0.15, 0.2) is 0 Å². The lowest BCUT2D eigenvalue weighted by Crippen LogP contribution is -2.12. The molecule has 0 saturated carbocycles. The molecule has 102 valence electrons. The summed E-state index contributed by atoms with van der Waals surface area (Å²) in [5, 5.41) is 3.41. The van der Waals surface area contributed by atoms with Crippen LogP contribution in [0.5, 0.6) is 0 Å². The fourth-order valence-corrected chi connectivity index (χ4v) is 3.46. The van der Waals surface area contributed by atoms with Crippen LogP contribution < -0.4 is 5.73 Å². The predicted molar refractivity (Wildman–Crippen MR) is 83.9 cm³/mol. The molecular formula is C16H13ClFNS. The van der Waals surface area contributed by atoms with E-state index in [2.05, 4.69) is 17.5 Å². The molecule has 3 rings (SSSR count). The molecule has 0 aliphatic rings. The van der Waals surface area contributed by atoms with Crippen molar-refractivity contribution in [2.45, 2.75) is 12.5 Å². The summed E-state index contributed by atoms with van der Waals surface area (Å²) in [6.07, 6.45) is 0.592. The number of benzene rings is 2. The van der Waals surface area contributed by atoms with Gasteiger partial charge in [-0.1, -0.05) is 35.9 Å². The Hall–Kier alpha value is -1.42. The van der Waals surface area contributed by atoms with Crippen molar-refractivity contribution < 1.29 is 4.39 Å². The van der Waals surface area contributed by atoms with Gasteiger partial charge in [-0.25, -0.2) is 4.39 Å². The summed E-state index contributed by atoms with van der Waals surface area (Å²) in [5.74, 6) is -0.397. The van der Waals surface area contributed by atoms with Gasteiger partial charge in [-0.2, -0.15) is 0 Å². The van der Waals surface area contributed by atoms with E-state index in [1.54, 1.807) is 17.4 Å². The number of rotatable bonds is 3. The van der Waals surface area contributed by atoms with Crippen LogP contribution in [0.2, 0.25) is 5.02 Å². The number of fused-ring (bicyclic) bond motifs is 1. The molecule has 20 heavy (non-hydrogen) atoms. The van der Waals surface area contributed by atoms with Crippen LogP contribution in [0.25, 0.3) is 10.1 Å². The molecule has 0 aliphatic heterocycles. The van der Waals surface area contributed by atoms with E-state index in [-0.39, 0.29) is 11.1 Å². The molecule has 0 radical (unpaired) electrons. The van der Waals surface area contributed by atoms with Crippen LogP contribution in [0.1, 0.15) is 17.2 Å². The van der Waals surface area contributed by atoms with Crippen molar-refractivity contribution in [3.63, 3.8) is 0 Å². The first-order valence-corrected chi connectivity index (χ1v) is 7.56. The second kappa shape index (κ2) is 5.52. The SMILES string of the molecule is NC(Cc1ccc(Cl)c(F)c1)c1csc2ccccc12. The number of halogens is 2. The summed E-state index contributed by atoms with van der Waals surface area (Å²) in [6.45, 7) is 0. The highest BCUT2D eigenvalue weighted by atomic mass is 35.5. The lowest BCUT2D eigenvalue weighted by atomic mass is 9.99. The van der Waals surface area contributed by atoms with E-state index >= 15 is 0 Å². The summed E-state index contributed by atoms with van der Waals surface area (Å²) in [7, 11) is 0. The fourth-order valence-electron chi connectivity index (χ4n) is 2.32. The molecule has 0 amide bonds. The van der Waals surface area contributed by atoms with Gasteiger partial charge in [0, 0.05) is 10.7 Å². The van der Waals surface area contributed by atoms with Crippen molar-refractivity contribution in [3.05, 3.63) is 69.8 Å². The van der Waals surface area contributed by atoms with Crippen LogP contribution in [-0.2, 0) is 6.42 Å². The van der Waals surface area contributed by atoms with Crippen molar-refractivity contribution >= 4 is 33.0 Å². The maximum atomic E-state index is 13.5. The van der Waals surface area contributed by atoms with Gasteiger partial charge in [0.1, 0.15) is 5.82 Å². The third-order valence-corrected chi connectivity index (χ3v) is 4.64. The normalized spacial score (nSPS) is 12.8. The van der Waals surface area contributed by atoms with E-state index in [9.17, 15) is 4.39 Å². The minimum absolute atomic E-state index is 0.142. The molecule has 0 spiro atoms. The van der Waals surface area contributed by atoms with E-state index in [0.717, 1.165) is 11.1 Å². The molecular weight excluding hydrogens is 293 g/mol. The summed E-state index contributed by atoms with van der Waals surface area (Å²) in [4.78, 5) is 0. The van der Waals surface area contributed by atoms with Crippen LogP contribution in [-0.4, -0.2) is 0 Å². The lowest BCUT2D eigenvalue weighted by Gasteiger charge is -2.11. The van der Waals surface area contributed by atoms with E-state index in [4.69, 9.17) is 17.3 Å². The summed E-state index contributed by atoms with van der Waals surface area (Å²) in [5.41, 5.74) is 8.25. The Morgan fingerprint density at radius 3 is 2.80 bits per heavy atom. The van der Waals surface area contributed by atoms with E-state index in [0.29, 0.717) is 6.42 Å². The van der Waals surface area contributed by atoms with Crippen molar-refractivity contribution in [3.8, 4) is 0 Å². The number of thiophene rings is 1. The Morgan fingerprint density at radius 2 is 2.00 bits per heavy atom. The molecule has 1 atom stereocenters. The zero-order valence-electron chi connectivity index (χ0n) is 10.6. The van der Waals surface area contributed by atoms with Gasteiger partial charge < -0.3 is 5.73 Å². The van der Waals surface area contributed by atoms with Crippen molar-refractivity contribution in [1.82, 2.24) is 0 Å². The zero-order valence-corrected chi connectivity index (χ0v) is 12.2. The third-order valence-electron chi connectivity index (χ3n) is 3.35. The summed E-state index contributed by atoms with van der Waals surface area (Å²) in [6, 6.07) is 12.9. The molecule has 0 fully saturated rings. The van der Waals surface area contributed by atoms with E-state index in [1.165, 1.54) is 16.2 Å². The molecule has 1 unspecified atom stereocenters. The first-order chi connectivity index (χ1) is 9.65. The van der Waals surface area contributed by atoms with E-state index in [1.807, 2.05) is 18.2 Å². The molecule has 0 bridgehead atoms. The Morgan fingerprint density at radius 1 is 1.20 bits per heavy atom. The second-order valence-electron chi connectivity index (χ2n) is 4.75. The largest absolute Gasteiger partial charge is 0.324 e. The Kier molecular flexibility index (Phi) is 3.74. The average molecular weight is 306 g/mol. The van der Waals surface area contributed by atoms with E-state index < -0.39 is 5.82 Å². The van der Waals surface area contributed by atoms with Crippen molar-refractivity contribution in [1.29, 1.82) is 0 Å². The molecule has 2 N–H and O–H groups in total. The van der Waals surface area contributed by atoms with Crippen LogP contribution in [0.4, 0.5) is 4.39 Å². The minimum Gasteiger partial charge on any atom is -0.324 e. The number of hydrogen-bond acceptors (Lipinski definition) is 2. The molecule has 2 aromatic carbocycles. The average Bonchev–Trinajstić information content (AvgIpc) is 2.87. The first-order valence-electron chi connectivity index (χ1n) is 6.31. The molecule has 3 aromatic rings. The quantitative estimate of drug-likeness (QED) is 0.729. The topological polar surface area (TPSA) is 26.0 Å². The molecule has 0 aliphatic carbocycles. The summed E-state index contributed by atoms with van der Waals surface area (Å²) >= 11 is 7.37.